The maximum absolute atomic E-state index is 12.7. The molecule has 0 radical (unpaired) electrons. The second kappa shape index (κ2) is 5.10. The summed E-state index contributed by atoms with van der Waals surface area (Å²) in [5, 5.41) is 3.05. The highest BCUT2D eigenvalue weighted by molar-refractivity contribution is 5.49. The third-order valence-electron chi connectivity index (χ3n) is 2.16. The first-order valence-electron chi connectivity index (χ1n) is 5.10. The fraction of sp³-hybridized carbons (Fsp3) is 0.455. The van der Waals surface area contributed by atoms with Gasteiger partial charge in [0.1, 0.15) is 0 Å². The molecular formula is C11H12F3N3. The molecule has 92 valence electrons. The quantitative estimate of drug-likeness (QED) is 0.414. The molecular weight excluding hydrogens is 231 g/mol. The van der Waals surface area contributed by atoms with E-state index < -0.39 is 11.7 Å². The summed E-state index contributed by atoms with van der Waals surface area (Å²) in [6, 6.07) is 3.81. The Kier molecular flexibility index (Phi) is 4.02. The Bertz CT molecular complexity index is 446. The minimum absolute atomic E-state index is 0.265. The summed E-state index contributed by atoms with van der Waals surface area (Å²) >= 11 is 0. The van der Waals surface area contributed by atoms with Crippen molar-refractivity contribution in [2.75, 3.05) is 0 Å². The molecule has 0 atom stereocenters. The molecule has 1 aromatic rings. The number of hydrogen-bond donors (Lipinski definition) is 0. The third-order valence-corrected chi connectivity index (χ3v) is 2.16. The van der Waals surface area contributed by atoms with Gasteiger partial charge in [0.05, 0.1) is 5.56 Å². The number of alkyl halides is 3. The molecule has 0 heterocycles. The number of nitrogens with zero attached hydrogens (tertiary/aromatic N) is 3. The summed E-state index contributed by atoms with van der Waals surface area (Å²) in [6.07, 6.45) is -3.95. The second-order valence-electron chi connectivity index (χ2n) is 4.14. The zero-order valence-corrected chi connectivity index (χ0v) is 9.49. The smallest absolute Gasteiger partial charge is 0.166 e. The summed E-state index contributed by atoms with van der Waals surface area (Å²) in [4.78, 5) is 2.40. The molecule has 0 N–H and O–H groups in total. The number of rotatable bonds is 3. The van der Waals surface area contributed by atoms with Gasteiger partial charge in [-0.15, -0.1) is 0 Å². The van der Waals surface area contributed by atoms with Crippen molar-refractivity contribution in [3.05, 3.63) is 39.8 Å². The fourth-order valence-electron chi connectivity index (χ4n) is 1.54. The van der Waals surface area contributed by atoms with Gasteiger partial charge in [-0.25, -0.2) is 0 Å². The van der Waals surface area contributed by atoms with E-state index in [1.807, 2.05) is 13.8 Å². The maximum atomic E-state index is 12.7. The molecule has 1 rings (SSSR count). The van der Waals surface area contributed by atoms with Gasteiger partial charge < -0.3 is 0 Å². The lowest BCUT2D eigenvalue weighted by Gasteiger charge is -2.12. The monoisotopic (exact) mass is 243 g/mol. The Morgan fingerprint density at radius 3 is 2.47 bits per heavy atom. The van der Waals surface area contributed by atoms with Crippen LogP contribution < -0.4 is 0 Å². The fourth-order valence-corrected chi connectivity index (χ4v) is 1.54. The molecule has 1 aromatic carbocycles. The van der Waals surface area contributed by atoms with Crippen molar-refractivity contribution >= 4 is 5.69 Å². The van der Waals surface area contributed by atoms with Crippen LogP contribution in [0.15, 0.2) is 23.3 Å². The predicted octanol–water partition coefficient (Wildman–Crippen LogP) is 4.85. The SMILES string of the molecule is CC(C)Cc1ccc(N=[N+]=[N-])c(C(F)(F)F)c1. The van der Waals surface area contributed by atoms with Gasteiger partial charge in [-0.2, -0.15) is 13.2 Å². The van der Waals surface area contributed by atoms with Crippen molar-refractivity contribution < 1.29 is 13.2 Å². The first kappa shape index (κ1) is 13.4. The van der Waals surface area contributed by atoms with E-state index in [0.29, 0.717) is 12.0 Å². The van der Waals surface area contributed by atoms with Gasteiger partial charge in [-0.3, -0.25) is 0 Å². The van der Waals surface area contributed by atoms with Crippen LogP contribution in [0.4, 0.5) is 18.9 Å². The van der Waals surface area contributed by atoms with Crippen LogP contribution in [0.5, 0.6) is 0 Å². The molecule has 0 aromatic heterocycles. The minimum Gasteiger partial charge on any atom is -0.166 e. The van der Waals surface area contributed by atoms with Crippen molar-refractivity contribution in [1.29, 1.82) is 0 Å². The van der Waals surface area contributed by atoms with Crippen LogP contribution in [0, 0.1) is 5.92 Å². The van der Waals surface area contributed by atoms with Gasteiger partial charge in [0.25, 0.3) is 0 Å². The van der Waals surface area contributed by atoms with Crippen molar-refractivity contribution in [1.82, 2.24) is 0 Å². The van der Waals surface area contributed by atoms with E-state index in [4.69, 9.17) is 5.53 Å². The minimum atomic E-state index is -4.50. The zero-order valence-electron chi connectivity index (χ0n) is 9.49. The summed E-state index contributed by atoms with van der Waals surface area (Å²) in [7, 11) is 0. The number of hydrogen-bond acceptors (Lipinski definition) is 1. The lowest BCUT2D eigenvalue weighted by molar-refractivity contribution is -0.137. The normalized spacial score (nSPS) is 11.4. The number of benzene rings is 1. The molecule has 0 unspecified atom stereocenters. The average Bonchev–Trinajstić information content (AvgIpc) is 2.18. The molecule has 0 aliphatic carbocycles. The average molecular weight is 243 g/mol. The first-order valence-corrected chi connectivity index (χ1v) is 5.10. The maximum Gasteiger partial charge on any atom is 0.416 e. The largest absolute Gasteiger partial charge is 0.416 e. The zero-order chi connectivity index (χ0) is 13.1. The van der Waals surface area contributed by atoms with E-state index >= 15 is 0 Å². The summed E-state index contributed by atoms with van der Waals surface area (Å²) in [6.45, 7) is 3.85. The van der Waals surface area contributed by atoms with Crippen molar-refractivity contribution in [2.24, 2.45) is 11.0 Å². The van der Waals surface area contributed by atoms with Crippen molar-refractivity contribution in [2.45, 2.75) is 26.4 Å². The lowest BCUT2D eigenvalue weighted by Crippen LogP contribution is -2.06. The highest BCUT2D eigenvalue weighted by Crippen LogP contribution is 2.37. The summed E-state index contributed by atoms with van der Waals surface area (Å²) < 4.78 is 38.1. The van der Waals surface area contributed by atoms with Crippen LogP contribution in [0.25, 0.3) is 10.4 Å². The Labute approximate surface area is 96.9 Å². The third kappa shape index (κ3) is 3.67. The Balaban J connectivity index is 3.24. The molecule has 17 heavy (non-hydrogen) atoms. The number of azide groups is 1. The van der Waals surface area contributed by atoms with E-state index in [1.165, 1.54) is 6.07 Å². The standard InChI is InChI=1S/C11H12F3N3/c1-7(2)5-8-3-4-10(16-17-15)9(6-8)11(12,13)14/h3-4,6-7H,5H2,1-2H3. The van der Waals surface area contributed by atoms with Crippen LogP contribution in [0.2, 0.25) is 0 Å². The van der Waals surface area contributed by atoms with E-state index in [2.05, 4.69) is 10.0 Å². The van der Waals surface area contributed by atoms with Crippen molar-refractivity contribution in [3.63, 3.8) is 0 Å². The second-order valence-corrected chi connectivity index (χ2v) is 4.14. The Hall–Kier alpha value is -1.68. The van der Waals surface area contributed by atoms with Crippen LogP contribution >= 0.6 is 0 Å². The summed E-state index contributed by atoms with van der Waals surface area (Å²) in [5.41, 5.74) is 7.54. The van der Waals surface area contributed by atoms with Gasteiger partial charge in [0, 0.05) is 10.6 Å². The molecule has 0 aliphatic heterocycles. The van der Waals surface area contributed by atoms with Gasteiger partial charge in [0.15, 0.2) is 0 Å². The predicted molar refractivity (Wildman–Crippen MR) is 58.8 cm³/mol. The van der Waals surface area contributed by atoms with E-state index in [9.17, 15) is 13.2 Å². The topological polar surface area (TPSA) is 48.8 Å². The molecule has 0 saturated heterocycles. The molecule has 0 saturated carbocycles. The summed E-state index contributed by atoms with van der Waals surface area (Å²) in [5.74, 6) is 0.265. The molecule has 6 heteroatoms. The van der Waals surface area contributed by atoms with Gasteiger partial charge in [-0.05, 0) is 29.5 Å². The van der Waals surface area contributed by atoms with Crippen LogP contribution in [-0.2, 0) is 12.6 Å². The van der Waals surface area contributed by atoms with Crippen LogP contribution in [0.3, 0.4) is 0 Å². The lowest BCUT2D eigenvalue weighted by atomic mass is 10.00. The highest BCUT2D eigenvalue weighted by Gasteiger charge is 2.33. The Morgan fingerprint density at radius 2 is 2.00 bits per heavy atom. The van der Waals surface area contributed by atoms with E-state index in [-0.39, 0.29) is 11.6 Å². The van der Waals surface area contributed by atoms with E-state index in [1.54, 1.807) is 6.07 Å². The van der Waals surface area contributed by atoms with E-state index in [0.717, 1.165) is 6.07 Å². The molecule has 0 amide bonds. The van der Waals surface area contributed by atoms with Gasteiger partial charge >= 0.3 is 6.18 Å². The van der Waals surface area contributed by atoms with Gasteiger partial charge in [0.2, 0.25) is 0 Å². The van der Waals surface area contributed by atoms with Crippen LogP contribution in [-0.4, -0.2) is 0 Å². The molecule has 0 fully saturated rings. The number of halogens is 3. The molecule has 0 aliphatic rings. The highest BCUT2D eigenvalue weighted by atomic mass is 19.4. The molecule has 3 nitrogen and oxygen atoms in total. The van der Waals surface area contributed by atoms with Crippen molar-refractivity contribution in [3.8, 4) is 0 Å². The molecule has 0 spiro atoms. The van der Waals surface area contributed by atoms with Crippen LogP contribution in [0.1, 0.15) is 25.0 Å². The molecule has 0 bridgehead atoms. The van der Waals surface area contributed by atoms with Gasteiger partial charge in [-0.1, -0.05) is 31.1 Å². The first-order chi connectivity index (χ1) is 7.84. The Morgan fingerprint density at radius 1 is 1.35 bits per heavy atom.